The van der Waals surface area contributed by atoms with Crippen LogP contribution in [0, 0.1) is 0 Å². The maximum atomic E-state index is 6.35. The Balaban J connectivity index is 2.26. The number of nitrogens with two attached hydrogens (primary N) is 1. The molecule has 0 amide bonds. The van der Waals surface area contributed by atoms with Crippen molar-refractivity contribution in [3.05, 3.63) is 62.6 Å². The summed E-state index contributed by atoms with van der Waals surface area (Å²) >= 11 is 18.9. The van der Waals surface area contributed by atoms with E-state index in [1.807, 2.05) is 6.07 Å². The van der Waals surface area contributed by atoms with Crippen molar-refractivity contribution in [2.75, 3.05) is 13.6 Å². The molecule has 3 rings (SSSR count). The average Bonchev–Trinajstić information content (AvgIpc) is 2.67. The minimum absolute atomic E-state index is 0.316. The van der Waals surface area contributed by atoms with Gasteiger partial charge in [-0.1, -0.05) is 40.9 Å². The fourth-order valence-corrected chi connectivity index (χ4v) is 3.08. The maximum Gasteiger partial charge on any atom is 0.140 e. The third-order valence-electron chi connectivity index (χ3n) is 3.45. The van der Waals surface area contributed by atoms with Crippen LogP contribution in [0.4, 0.5) is 5.69 Å². The minimum atomic E-state index is 0.316. The topological polar surface area (TPSA) is 54.0 Å². The van der Waals surface area contributed by atoms with Gasteiger partial charge in [0.25, 0.3) is 0 Å². The Morgan fingerprint density at radius 2 is 1.78 bits per heavy atom. The first-order chi connectivity index (χ1) is 11.0. The Hall–Kier alpha value is -1.59. The summed E-state index contributed by atoms with van der Waals surface area (Å²) in [6.07, 6.45) is 0. The van der Waals surface area contributed by atoms with Crippen molar-refractivity contribution in [2.24, 2.45) is 15.8 Å². The van der Waals surface area contributed by atoms with Crippen molar-refractivity contribution >= 4 is 52.0 Å². The molecule has 7 heteroatoms. The maximum absolute atomic E-state index is 6.35. The monoisotopic (exact) mass is 366 g/mol. The second kappa shape index (κ2) is 6.49. The molecule has 0 radical (unpaired) electrons. The molecular formula is C16H13Cl3N4. The van der Waals surface area contributed by atoms with Crippen LogP contribution in [0.2, 0.25) is 15.1 Å². The highest BCUT2D eigenvalue weighted by Crippen LogP contribution is 2.33. The predicted molar refractivity (Wildman–Crippen MR) is 97.5 cm³/mol. The lowest BCUT2D eigenvalue weighted by Crippen LogP contribution is -2.34. The van der Waals surface area contributed by atoms with Gasteiger partial charge < -0.3 is 0 Å². The zero-order valence-electron chi connectivity index (χ0n) is 12.2. The van der Waals surface area contributed by atoms with Crippen LogP contribution >= 0.6 is 34.8 Å². The predicted octanol–water partition coefficient (Wildman–Crippen LogP) is 4.33. The van der Waals surface area contributed by atoms with Crippen LogP contribution in [0.25, 0.3) is 0 Å². The van der Waals surface area contributed by atoms with Crippen molar-refractivity contribution in [3.8, 4) is 0 Å². The van der Waals surface area contributed by atoms with E-state index in [1.54, 1.807) is 37.4 Å². The molecule has 0 saturated carbocycles. The number of amidine groups is 1. The lowest BCUT2D eigenvalue weighted by molar-refractivity contribution is 0.531. The van der Waals surface area contributed by atoms with Crippen molar-refractivity contribution in [2.45, 2.75) is 0 Å². The molecule has 1 heterocycles. The number of fused-ring (bicyclic) bond motifs is 1. The Kier molecular flexibility index (Phi) is 4.60. The molecule has 0 unspecified atom stereocenters. The highest BCUT2D eigenvalue weighted by atomic mass is 35.5. The number of halogens is 3. The molecule has 1 aliphatic rings. The van der Waals surface area contributed by atoms with Crippen LogP contribution in [0.5, 0.6) is 0 Å². The second-order valence-electron chi connectivity index (χ2n) is 5.06. The van der Waals surface area contributed by atoms with E-state index < -0.39 is 0 Å². The standard InChI is InChI=1S/C16H13Cl3N4/c1-23(20)14-8-21-16(15-11(18)3-2-4-12(15)19)10-7-9(17)5-6-13(10)22-14/h2-7H,8,20H2,1H3. The molecule has 0 bridgehead atoms. The number of hydrogen-bond donors (Lipinski definition) is 1. The average molecular weight is 368 g/mol. The van der Waals surface area contributed by atoms with Gasteiger partial charge in [-0.25, -0.2) is 10.8 Å². The first kappa shape index (κ1) is 16.3. The molecule has 1 aliphatic heterocycles. The molecule has 23 heavy (non-hydrogen) atoms. The quantitative estimate of drug-likeness (QED) is 0.602. The van der Waals surface area contributed by atoms with Crippen LogP contribution in [0.15, 0.2) is 46.4 Å². The van der Waals surface area contributed by atoms with Gasteiger partial charge in [0, 0.05) is 23.2 Å². The van der Waals surface area contributed by atoms with E-state index in [4.69, 9.17) is 40.6 Å². The van der Waals surface area contributed by atoms with E-state index >= 15 is 0 Å². The number of aliphatic imine (C=N–C) groups is 2. The molecule has 2 N–H and O–H groups in total. The lowest BCUT2D eigenvalue weighted by atomic mass is 10.0. The minimum Gasteiger partial charge on any atom is -0.300 e. The van der Waals surface area contributed by atoms with Crippen molar-refractivity contribution in [1.82, 2.24) is 5.01 Å². The van der Waals surface area contributed by atoms with Crippen LogP contribution < -0.4 is 5.84 Å². The number of hydrogen-bond acceptors (Lipinski definition) is 4. The molecule has 0 atom stereocenters. The fraction of sp³-hybridized carbons (Fsp3) is 0.125. The molecular weight excluding hydrogens is 355 g/mol. The third kappa shape index (κ3) is 3.21. The largest absolute Gasteiger partial charge is 0.300 e. The SMILES string of the molecule is CN(N)C1=Nc2ccc(Cl)cc2C(c2c(Cl)cccc2Cl)=NC1. The number of hydrazine groups is 1. The zero-order chi connectivity index (χ0) is 16.6. The summed E-state index contributed by atoms with van der Waals surface area (Å²) in [6, 6.07) is 10.7. The van der Waals surface area contributed by atoms with Gasteiger partial charge in [0.05, 0.1) is 28.0 Å². The highest BCUT2D eigenvalue weighted by molar-refractivity contribution is 6.42. The summed E-state index contributed by atoms with van der Waals surface area (Å²) in [7, 11) is 1.72. The number of likely N-dealkylation sites (N-methyl/N-ethyl adjacent to an activating group) is 1. The normalized spacial score (nSPS) is 13.8. The van der Waals surface area contributed by atoms with Crippen LogP contribution in [0.1, 0.15) is 11.1 Å². The molecule has 118 valence electrons. The van der Waals surface area contributed by atoms with Crippen LogP contribution in [-0.4, -0.2) is 30.1 Å². The summed E-state index contributed by atoms with van der Waals surface area (Å²) < 4.78 is 0. The zero-order valence-corrected chi connectivity index (χ0v) is 14.5. The van der Waals surface area contributed by atoms with Gasteiger partial charge in [-0.15, -0.1) is 0 Å². The van der Waals surface area contributed by atoms with Gasteiger partial charge in [-0.2, -0.15) is 0 Å². The van der Waals surface area contributed by atoms with Crippen molar-refractivity contribution in [3.63, 3.8) is 0 Å². The summed E-state index contributed by atoms with van der Waals surface area (Å²) in [5.74, 6) is 6.45. The molecule has 0 saturated heterocycles. The Bertz CT molecular complexity index is 808. The van der Waals surface area contributed by atoms with Crippen LogP contribution in [-0.2, 0) is 0 Å². The van der Waals surface area contributed by atoms with Gasteiger partial charge in [0.1, 0.15) is 5.84 Å². The van der Waals surface area contributed by atoms with E-state index in [0.29, 0.717) is 44.4 Å². The van der Waals surface area contributed by atoms with Gasteiger partial charge in [0.15, 0.2) is 0 Å². The molecule has 0 aliphatic carbocycles. The molecule has 2 aromatic carbocycles. The smallest absolute Gasteiger partial charge is 0.140 e. The first-order valence-electron chi connectivity index (χ1n) is 6.82. The highest BCUT2D eigenvalue weighted by Gasteiger charge is 2.21. The molecule has 2 aromatic rings. The first-order valence-corrected chi connectivity index (χ1v) is 7.95. The lowest BCUT2D eigenvalue weighted by Gasteiger charge is -2.12. The second-order valence-corrected chi connectivity index (χ2v) is 6.31. The van der Waals surface area contributed by atoms with Crippen molar-refractivity contribution in [1.29, 1.82) is 0 Å². The summed E-state index contributed by atoms with van der Waals surface area (Å²) in [5.41, 5.74) is 2.80. The van der Waals surface area contributed by atoms with Gasteiger partial charge in [-0.3, -0.25) is 10.0 Å². The van der Waals surface area contributed by atoms with E-state index in [9.17, 15) is 0 Å². The Labute approximate surface area is 149 Å². The van der Waals surface area contributed by atoms with Gasteiger partial charge >= 0.3 is 0 Å². The Morgan fingerprint density at radius 1 is 1.09 bits per heavy atom. The molecule has 0 aromatic heterocycles. The number of benzene rings is 2. The number of nitrogens with zero attached hydrogens (tertiary/aromatic N) is 3. The molecule has 4 nitrogen and oxygen atoms in total. The van der Waals surface area contributed by atoms with E-state index in [1.165, 1.54) is 5.01 Å². The number of rotatable bonds is 1. The summed E-state index contributed by atoms with van der Waals surface area (Å²) in [5, 5.41) is 3.07. The van der Waals surface area contributed by atoms with Crippen molar-refractivity contribution < 1.29 is 0 Å². The summed E-state index contributed by atoms with van der Waals surface area (Å²) in [4.78, 5) is 9.21. The van der Waals surface area contributed by atoms with E-state index in [2.05, 4.69) is 9.98 Å². The Morgan fingerprint density at radius 3 is 2.43 bits per heavy atom. The van der Waals surface area contributed by atoms with E-state index in [0.717, 1.165) is 5.56 Å². The third-order valence-corrected chi connectivity index (χ3v) is 4.31. The molecule has 0 fully saturated rings. The summed E-state index contributed by atoms with van der Waals surface area (Å²) in [6.45, 7) is 0.316. The fourth-order valence-electron chi connectivity index (χ4n) is 2.33. The van der Waals surface area contributed by atoms with Crippen LogP contribution in [0.3, 0.4) is 0 Å². The molecule has 0 spiro atoms. The van der Waals surface area contributed by atoms with E-state index in [-0.39, 0.29) is 0 Å². The van der Waals surface area contributed by atoms with Gasteiger partial charge in [-0.05, 0) is 30.3 Å². The van der Waals surface area contributed by atoms with Gasteiger partial charge in [0.2, 0.25) is 0 Å².